The number of thiophene rings is 1. The molecule has 3 aromatic heterocycles. The van der Waals surface area contributed by atoms with E-state index in [1.165, 1.54) is 5.56 Å². The van der Waals surface area contributed by atoms with E-state index in [0.717, 1.165) is 44.1 Å². The van der Waals surface area contributed by atoms with Crippen molar-refractivity contribution in [2.24, 2.45) is 0 Å². The minimum Gasteiger partial charge on any atom is -0.337 e. The molecule has 0 aliphatic carbocycles. The molecule has 0 aromatic carbocycles. The number of rotatable bonds is 4. The lowest BCUT2D eigenvalue weighted by atomic mass is 10.2. The number of carbonyl (C=O) groups is 1. The van der Waals surface area contributed by atoms with Crippen molar-refractivity contribution in [3.05, 3.63) is 63.7 Å². The molecule has 0 radical (unpaired) electrons. The van der Waals surface area contributed by atoms with Crippen molar-refractivity contribution in [3.63, 3.8) is 0 Å². The van der Waals surface area contributed by atoms with Gasteiger partial charge in [-0.3, -0.25) is 14.1 Å². The summed E-state index contributed by atoms with van der Waals surface area (Å²) in [5.41, 5.74) is 2.84. The zero-order valence-electron chi connectivity index (χ0n) is 14.2. The Morgan fingerprint density at radius 1 is 1.23 bits per heavy atom. The molecular formula is C19H19ClN4OS. The third-order valence-corrected chi connectivity index (χ3v) is 5.59. The fourth-order valence-corrected chi connectivity index (χ4v) is 4.06. The molecule has 0 atom stereocenters. The first-order chi connectivity index (χ1) is 12.7. The molecule has 5 nitrogen and oxygen atoms in total. The zero-order valence-corrected chi connectivity index (χ0v) is 15.8. The number of nitrogens with zero attached hydrogens (tertiary/aromatic N) is 4. The molecule has 0 bridgehead atoms. The second-order valence-electron chi connectivity index (χ2n) is 6.28. The number of carbonyl (C=O) groups excluding carboxylic acids is 1. The van der Waals surface area contributed by atoms with Crippen LogP contribution in [0.15, 0.2) is 47.3 Å². The average molecular weight is 387 g/mol. The molecule has 4 heterocycles. The van der Waals surface area contributed by atoms with Gasteiger partial charge >= 0.3 is 0 Å². The van der Waals surface area contributed by atoms with Gasteiger partial charge in [-0.2, -0.15) is 11.3 Å². The molecule has 0 unspecified atom stereocenters. The Morgan fingerprint density at radius 2 is 2.08 bits per heavy atom. The number of fused-ring (bicyclic) bond motifs is 1. The van der Waals surface area contributed by atoms with E-state index in [0.29, 0.717) is 5.15 Å². The number of pyridine rings is 1. The number of hydrogen-bond donors (Lipinski definition) is 0. The summed E-state index contributed by atoms with van der Waals surface area (Å²) in [6.07, 6.45) is 5.24. The van der Waals surface area contributed by atoms with Crippen LogP contribution in [0.5, 0.6) is 0 Å². The molecule has 4 rings (SSSR count). The predicted molar refractivity (Wildman–Crippen MR) is 105 cm³/mol. The topological polar surface area (TPSA) is 40.9 Å². The molecule has 0 N–H and O–H groups in total. The molecule has 26 heavy (non-hydrogen) atoms. The summed E-state index contributed by atoms with van der Waals surface area (Å²) >= 11 is 7.93. The van der Waals surface area contributed by atoms with Crippen LogP contribution < -0.4 is 0 Å². The maximum absolute atomic E-state index is 12.5. The van der Waals surface area contributed by atoms with Crippen molar-refractivity contribution in [2.45, 2.75) is 6.54 Å². The highest BCUT2D eigenvalue weighted by molar-refractivity contribution is 7.07. The van der Waals surface area contributed by atoms with Crippen LogP contribution in [-0.4, -0.2) is 51.3 Å². The summed E-state index contributed by atoms with van der Waals surface area (Å²) in [5, 5.41) is 4.69. The maximum Gasteiger partial charge on any atom is 0.246 e. The first-order valence-electron chi connectivity index (χ1n) is 8.54. The van der Waals surface area contributed by atoms with E-state index in [4.69, 9.17) is 11.6 Å². The van der Waals surface area contributed by atoms with E-state index >= 15 is 0 Å². The van der Waals surface area contributed by atoms with Gasteiger partial charge in [0.1, 0.15) is 5.65 Å². The Morgan fingerprint density at radius 3 is 2.85 bits per heavy atom. The highest BCUT2D eigenvalue weighted by atomic mass is 35.5. The minimum absolute atomic E-state index is 0.0159. The summed E-state index contributed by atoms with van der Waals surface area (Å²) in [6.45, 7) is 4.23. The van der Waals surface area contributed by atoms with Crippen LogP contribution in [0.3, 0.4) is 0 Å². The van der Waals surface area contributed by atoms with Crippen LogP contribution in [0.1, 0.15) is 11.3 Å². The van der Waals surface area contributed by atoms with E-state index < -0.39 is 0 Å². The molecule has 0 saturated carbocycles. The second-order valence-corrected chi connectivity index (χ2v) is 7.42. The maximum atomic E-state index is 12.5. The lowest BCUT2D eigenvalue weighted by Gasteiger charge is -2.34. The normalized spacial score (nSPS) is 16.0. The van der Waals surface area contributed by atoms with Crippen LogP contribution in [0.4, 0.5) is 0 Å². The Balaban J connectivity index is 1.38. The molecule has 1 aliphatic rings. The van der Waals surface area contributed by atoms with Crippen molar-refractivity contribution < 1.29 is 4.79 Å². The molecule has 1 fully saturated rings. The quantitative estimate of drug-likeness (QED) is 0.645. The third-order valence-electron chi connectivity index (χ3n) is 4.58. The summed E-state index contributed by atoms with van der Waals surface area (Å²) in [6, 6.07) is 7.87. The number of halogens is 1. The monoisotopic (exact) mass is 386 g/mol. The Kier molecular flexibility index (Phi) is 5.06. The van der Waals surface area contributed by atoms with Crippen molar-refractivity contribution in [3.8, 4) is 0 Å². The Labute approximate surface area is 161 Å². The average Bonchev–Trinajstić information content (AvgIpc) is 3.27. The number of aromatic nitrogens is 2. The number of hydrogen-bond acceptors (Lipinski definition) is 4. The molecule has 0 spiro atoms. The first-order valence-corrected chi connectivity index (χ1v) is 9.86. The van der Waals surface area contributed by atoms with Gasteiger partial charge in [0.2, 0.25) is 5.91 Å². The van der Waals surface area contributed by atoms with Gasteiger partial charge in [-0.05, 0) is 40.6 Å². The predicted octanol–water partition coefficient (Wildman–Crippen LogP) is 3.41. The fraction of sp³-hybridized carbons (Fsp3) is 0.263. The van der Waals surface area contributed by atoms with Crippen molar-refractivity contribution in [1.29, 1.82) is 0 Å². The van der Waals surface area contributed by atoms with Crippen LogP contribution >= 0.6 is 22.9 Å². The first kappa shape index (κ1) is 17.3. The lowest BCUT2D eigenvalue weighted by molar-refractivity contribution is -0.127. The smallest absolute Gasteiger partial charge is 0.246 e. The molecule has 3 aromatic rings. The van der Waals surface area contributed by atoms with Crippen molar-refractivity contribution in [2.75, 3.05) is 26.2 Å². The van der Waals surface area contributed by atoms with E-state index in [9.17, 15) is 4.79 Å². The minimum atomic E-state index is 0.0159. The molecular weight excluding hydrogens is 368 g/mol. The molecule has 1 saturated heterocycles. The van der Waals surface area contributed by atoms with Crippen LogP contribution in [0.2, 0.25) is 5.15 Å². The van der Waals surface area contributed by atoms with Gasteiger partial charge in [-0.1, -0.05) is 17.7 Å². The fourth-order valence-electron chi connectivity index (χ4n) is 3.16. The molecule has 1 amide bonds. The molecule has 134 valence electrons. The van der Waals surface area contributed by atoms with Crippen LogP contribution in [0, 0.1) is 0 Å². The van der Waals surface area contributed by atoms with E-state index in [2.05, 4.69) is 26.7 Å². The summed E-state index contributed by atoms with van der Waals surface area (Å²) < 4.78 is 1.88. The summed E-state index contributed by atoms with van der Waals surface area (Å²) in [5.74, 6) is 0.0159. The van der Waals surface area contributed by atoms with E-state index in [1.807, 2.05) is 33.7 Å². The Hall–Kier alpha value is -2.15. The van der Waals surface area contributed by atoms with E-state index in [-0.39, 0.29) is 5.91 Å². The van der Waals surface area contributed by atoms with Crippen molar-refractivity contribution >= 4 is 40.6 Å². The van der Waals surface area contributed by atoms with Gasteiger partial charge in [0, 0.05) is 45.0 Å². The number of piperazine rings is 1. The van der Waals surface area contributed by atoms with Gasteiger partial charge in [0.25, 0.3) is 0 Å². The standard InChI is InChI=1S/C19H19ClN4OS/c20-19-16(24-7-2-1-3-17(24)21-19)4-5-18(25)23-10-8-22(9-11-23)13-15-6-12-26-14-15/h1-7,12,14H,8-11,13H2/b5-4+. The van der Waals surface area contributed by atoms with Crippen LogP contribution in [-0.2, 0) is 11.3 Å². The van der Waals surface area contributed by atoms with Crippen LogP contribution in [0.25, 0.3) is 11.7 Å². The zero-order chi connectivity index (χ0) is 17.9. The van der Waals surface area contributed by atoms with Gasteiger partial charge in [0.15, 0.2) is 5.15 Å². The SMILES string of the molecule is O=C(/C=C/c1c(Cl)nc2ccccn12)N1CCN(Cc2ccsc2)CC1. The largest absolute Gasteiger partial charge is 0.337 e. The lowest BCUT2D eigenvalue weighted by Crippen LogP contribution is -2.47. The summed E-state index contributed by atoms with van der Waals surface area (Å²) in [7, 11) is 0. The van der Waals surface area contributed by atoms with Gasteiger partial charge in [-0.15, -0.1) is 0 Å². The van der Waals surface area contributed by atoms with Gasteiger partial charge < -0.3 is 4.90 Å². The third kappa shape index (κ3) is 3.67. The highest BCUT2D eigenvalue weighted by Crippen LogP contribution is 2.19. The van der Waals surface area contributed by atoms with Gasteiger partial charge in [0.05, 0.1) is 5.69 Å². The van der Waals surface area contributed by atoms with Crippen molar-refractivity contribution in [1.82, 2.24) is 19.2 Å². The van der Waals surface area contributed by atoms with Gasteiger partial charge in [-0.25, -0.2) is 4.98 Å². The highest BCUT2D eigenvalue weighted by Gasteiger charge is 2.20. The number of imidazole rings is 1. The summed E-state index contributed by atoms with van der Waals surface area (Å²) in [4.78, 5) is 21.1. The number of amides is 1. The Bertz CT molecular complexity index is 926. The van der Waals surface area contributed by atoms with E-state index in [1.54, 1.807) is 23.5 Å². The molecule has 7 heteroatoms. The second kappa shape index (κ2) is 7.61. The molecule has 1 aliphatic heterocycles.